The lowest BCUT2D eigenvalue weighted by Gasteiger charge is -2.34. The molecule has 0 aliphatic carbocycles. The van der Waals surface area contributed by atoms with Gasteiger partial charge in [-0.1, -0.05) is 18.2 Å². The summed E-state index contributed by atoms with van der Waals surface area (Å²) in [5.41, 5.74) is 6.48. The van der Waals surface area contributed by atoms with Gasteiger partial charge in [-0.15, -0.1) is 0 Å². The van der Waals surface area contributed by atoms with Crippen LogP contribution in [0.4, 0.5) is 11.5 Å². The number of anilines is 2. The molecular weight excluding hydrogens is 386 g/mol. The second kappa shape index (κ2) is 8.35. The first-order valence-electron chi connectivity index (χ1n) is 10.7. The van der Waals surface area contributed by atoms with Crippen LogP contribution in [0.2, 0.25) is 0 Å². The van der Waals surface area contributed by atoms with Crippen molar-refractivity contribution in [3.8, 4) is 11.1 Å². The summed E-state index contributed by atoms with van der Waals surface area (Å²) in [6, 6.07) is 15.0. The molecule has 7 heteroatoms. The van der Waals surface area contributed by atoms with E-state index in [0.717, 1.165) is 60.7 Å². The van der Waals surface area contributed by atoms with Crippen LogP contribution >= 0.6 is 0 Å². The lowest BCUT2D eigenvalue weighted by Crippen LogP contribution is -2.44. The standard InChI is InChI=1S/C24H27N7/c1-29-8-10-31(11-9-29)21-5-3-4-18(12-21)17-30(2)24-16-25-23-13-19(6-7-22(23)28-24)20-14-26-27-15-20/h3-7,12-16H,8-11,17H2,1-2H3,(H,26,27). The SMILES string of the molecule is CN1CCN(c2cccc(CN(C)c3cnc4cc(-c5cn[nH]c5)ccc4n3)c2)CC1. The van der Waals surface area contributed by atoms with E-state index in [1.54, 1.807) is 0 Å². The molecule has 1 fully saturated rings. The van der Waals surface area contributed by atoms with Gasteiger partial charge in [0.05, 0.1) is 23.4 Å². The smallest absolute Gasteiger partial charge is 0.147 e. The van der Waals surface area contributed by atoms with E-state index in [9.17, 15) is 0 Å². The number of nitrogens with one attached hydrogen (secondary N) is 1. The second-order valence-electron chi connectivity index (χ2n) is 8.23. The minimum atomic E-state index is 0.787. The molecule has 158 valence electrons. The van der Waals surface area contributed by atoms with Crippen molar-refractivity contribution in [1.82, 2.24) is 25.1 Å². The predicted molar refractivity (Wildman–Crippen MR) is 125 cm³/mol. The Morgan fingerprint density at radius 1 is 0.968 bits per heavy atom. The van der Waals surface area contributed by atoms with Gasteiger partial charge in [0.1, 0.15) is 5.82 Å². The zero-order chi connectivity index (χ0) is 21.2. The predicted octanol–water partition coefficient (Wildman–Crippen LogP) is 3.41. The molecule has 0 radical (unpaired) electrons. The first-order valence-corrected chi connectivity index (χ1v) is 10.7. The molecule has 1 N–H and O–H groups in total. The highest BCUT2D eigenvalue weighted by atomic mass is 15.2. The van der Waals surface area contributed by atoms with Crippen molar-refractivity contribution in [3.63, 3.8) is 0 Å². The Hall–Kier alpha value is -3.45. The number of hydrogen-bond acceptors (Lipinski definition) is 6. The van der Waals surface area contributed by atoms with Crippen molar-refractivity contribution >= 4 is 22.5 Å². The van der Waals surface area contributed by atoms with Crippen LogP contribution in [-0.4, -0.2) is 65.3 Å². The van der Waals surface area contributed by atoms with Gasteiger partial charge in [-0.25, -0.2) is 4.98 Å². The van der Waals surface area contributed by atoms with Crippen LogP contribution in [0, 0.1) is 0 Å². The highest BCUT2D eigenvalue weighted by Gasteiger charge is 2.15. The highest BCUT2D eigenvalue weighted by molar-refractivity contribution is 5.81. The average Bonchev–Trinajstić information content (AvgIpc) is 3.34. The zero-order valence-corrected chi connectivity index (χ0v) is 18.0. The second-order valence-corrected chi connectivity index (χ2v) is 8.23. The summed E-state index contributed by atoms with van der Waals surface area (Å²) in [5, 5.41) is 6.87. The van der Waals surface area contributed by atoms with Crippen molar-refractivity contribution in [2.75, 3.05) is 50.1 Å². The lowest BCUT2D eigenvalue weighted by atomic mass is 10.1. The Bertz CT molecular complexity index is 1160. The Balaban J connectivity index is 1.32. The average molecular weight is 414 g/mol. The molecule has 1 saturated heterocycles. The van der Waals surface area contributed by atoms with Crippen molar-refractivity contribution in [1.29, 1.82) is 0 Å². The first kappa shape index (κ1) is 19.5. The minimum absolute atomic E-state index is 0.787. The Morgan fingerprint density at radius 3 is 2.65 bits per heavy atom. The van der Waals surface area contributed by atoms with Crippen LogP contribution < -0.4 is 9.80 Å². The van der Waals surface area contributed by atoms with Gasteiger partial charge in [0.25, 0.3) is 0 Å². The van der Waals surface area contributed by atoms with Crippen LogP contribution in [0.5, 0.6) is 0 Å². The summed E-state index contributed by atoms with van der Waals surface area (Å²) in [6.07, 6.45) is 5.55. The van der Waals surface area contributed by atoms with Crippen LogP contribution in [0.3, 0.4) is 0 Å². The fourth-order valence-corrected chi connectivity index (χ4v) is 4.04. The highest BCUT2D eigenvalue weighted by Crippen LogP contribution is 2.24. The van der Waals surface area contributed by atoms with Crippen LogP contribution in [-0.2, 0) is 6.54 Å². The molecule has 0 spiro atoms. The molecule has 2 aromatic heterocycles. The molecule has 4 aromatic rings. The Kier molecular flexibility index (Phi) is 5.26. The van der Waals surface area contributed by atoms with Gasteiger partial charge in [-0.05, 0) is 42.4 Å². The third kappa shape index (κ3) is 4.22. The van der Waals surface area contributed by atoms with Crippen molar-refractivity contribution in [2.45, 2.75) is 6.54 Å². The van der Waals surface area contributed by atoms with Crippen LogP contribution in [0.15, 0.2) is 61.1 Å². The number of aromatic nitrogens is 4. The number of likely N-dealkylation sites (N-methyl/N-ethyl adjacent to an activating group) is 1. The van der Waals surface area contributed by atoms with Crippen LogP contribution in [0.1, 0.15) is 5.56 Å². The van der Waals surface area contributed by atoms with Crippen molar-refractivity contribution < 1.29 is 0 Å². The molecule has 0 atom stereocenters. The quantitative estimate of drug-likeness (QED) is 0.541. The molecule has 3 heterocycles. The number of fused-ring (bicyclic) bond motifs is 1. The largest absolute Gasteiger partial charge is 0.369 e. The van der Waals surface area contributed by atoms with Gasteiger partial charge in [-0.3, -0.25) is 10.1 Å². The van der Waals surface area contributed by atoms with E-state index in [0.29, 0.717) is 0 Å². The maximum Gasteiger partial charge on any atom is 0.147 e. The van der Waals surface area contributed by atoms with E-state index >= 15 is 0 Å². The number of piperazine rings is 1. The van der Waals surface area contributed by atoms with Gasteiger partial charge >= 0.3 is 0 Å². The summed E-state index contributed by atoms with van der Waals surface area (Å²) in [7, 11) is 4.25. The zero-order valence-electron chi connectivity index (χ0n) is 18.0. The van der Waals surface area contributed by atoms with Gasteiger partial charge < -0.3 is 14.7 Å². The number of hydrogen-bond donors (Lipinski definition) is 1. The molecule has 1 aliphatic rings. The summed E-state index contributed by atoms with van der Waals surface area (Å²) in [4.78, 5) is 16.5. The van der Waals surface area contributed by atoms with Gasteiger partial charge in [0.2, 0.25) is 0 Å². The van der Waals surface area contributed by atoms with E-state index in [4.69, 9.17) is 4.98 Å². The maximum atomic E-state index is 4.84. The topological polar surface area (TPSA) is 64.2 Å². The summed E-state index contributed by atoms with van der Waals surface area (Å²) in [6.45, 7) is 5.16. The molecule has 0 bridgehead atoms. The minimum Gasteiger partial charge on any atom is -0.369 e. The maximum absolute atomic E-state index is 4.84. The Labute approximate surface area is 182 Å². The number of nitrogens with zero attached hydrogens (tertiary/aromatic N) is 6. The molecule has 5 rings (SSSR count). The van der Waals surface area contributed by atoms with Gasteiger partial charge in [0.15, 0.2) is 0 Å². The van der Waals surface area contributed by atoms with E-state index in [1.807, 2.05) is 24.7 Å². The monoisotopic (exact) mass is 413 g/mol. The fraction of sp³-hybridized carbons (Fsp3) is 0.292. The van der Waals surface area contributed by atoms with Crippen molar-refractivity contribution in [2.24, 2.45) is 0 Å². The Morgan fingerprint density at radius 2 is 1.84 bits per heavy atom. The number of rotatable bonds is 5. The molecule has 0 saturated carbocycles. The lowest BCUT2D eigenvalue weighted by molar-refractivity contribution is 0.313. The van der Waals surface area contributed by atoms with Crippen LogP contribution in [0.25, 0.3) is 22.2 Å². The normalized spacial score (nSPS) is 14.8. The van der Waals surface area contributed by atoms with Crippen molar-refractivity contribution in [3.05, 3.63) is 66.6 Å². The van der Waals surface area contributed by atoms with E-state index in [1.165, 1.54) is 11.3 Å². The molecular formula is C24H27N7. The third-order valence-corrected chi connectivity index (χ3v) is 5.95. The van der Waals surface area contributed by atoms with E-state index < -0.39 is 0 Å². The molecule has 0 amide bonds. The molecule has 7 nitrogen and oxygen atoms in total. The molecule has 0 unspecified atom stereocenters. The molecule has 2 aromatic carbocycles. The van der Waals surface area contributed by atoms with E-state index in [2.05, 4.69) is 80.4 Å². The molecule has 31 heavy (non-hydrogen) atoms. The summed E-state index contributed by atoms with van der Waals surface area (Å²) in [5.74, 6) is 0.869. The summed E-state index contributed by atoms with van der Waals surface area (Å²) < 4.78 is 0. The molecule has 1 aliphatic heterocycles. The van der Waals surface area contributed by atoms with E-state index in [-0.39, 0.29) is 0 Å². The fourth-order valence-electron chi connectivity index (χ4n) is 4.04. The van der Waals surface area contributed by atoms with Gasteiger partial charge in [0, 0.05) is 57.2 Å². The van der Waals surface area contributed by atoms with Gasteiger partial charge in [-0.2, -0.15) is 5.10 Å². The summed E-state index contributed by atoms with van der Waals surface area (Å²) >= 11 is 0. The third-order valence-electron chi connectivity index (χ3n) is 5.95. The number of H-pyrrole nitrogens is 1. The number of aromatic amines is 1. The first-order chi connectivity index (χ1) is 15.2. The number of benzene rings is 2.